The predicted octanol–water partition coefficient (Wildman–Crippen LogP) is 2.02. The molecule has 0 spiro atoms. The molecule has 0 aromatic heterocycles. The topological polar surface area (TPSA) is 97.5 Å². The highest BCUT2D eigenvalue weighted by Gasteiger charge is 2.45. The van der Waals surface area contributed by atoms with Gasteiger partial charge in [0.05, 0.1) is 4.92 Å². The van der Waals surface area contributed by atoms with Crippen LogP contribution in [0.15, 0.2) is 24.3 Å². The Morgan fingerprint density at radius 3 is 2.53 bits per heavy atom. The minimum absolute atomic E-state index is 0.0305. The molecule has 8 heteroatoms. The zero-order valence-electron chi connectivity index (χ0n) is 10.4. The molecule has 0 aliphatic rings. The summed E-state index contributed by atoms with van der Waals surface area (Å²) in [6, 6.07) is 5.13. The normalized spacial score (nSPS) is 16.6. The predicted molar refractivity (Wildman–Crippen MR) is 71.8 cm³/mol. The van der Waals surface area contributed by atoms with E-state index in [0.29, 0.717) is 0 Å². The average molecular weight is 308 g/mol. The highest BCUT2D eigenvalue weighted by molar-refractivity contribution is 7.93. The molecule has 0 heterocycles. The van der Waals surface area contributed by atoms with Crippen LogP contribution in [-0.4, -0.2) is 28.9 Å². The number of nitro benzene ring substituents is 1. The zero-order valence-corrected chi connectivity index (χ0v) is 12.0. The van der Waals surface area contributed by atoms with Crippen LogP contribution in [0.25, 0.3) is 0 Å². The fourth-order valence-electron chi connectivity index (χ4n) is 1.72. The molecule has 0 radical (unpaired) electrons. The van der Waals surface area contributed by atoms with Crippen molar-refractivity contribution >= 4 is 27.1 Å². The second kappa shape index (κ2) is 5.44. The van der Waals surface area contributed by atoms with Crippen LogP contribution < -0.4 is 0 Å². The summed E-state index contributed by atoms with van der Waals surface area (Å²) >= 11 is 6.01. The number of alkyl halides is 1. The smallest absolute Gasteiger partial charge is 0.269 e. The zero-order chi connectivity index (χ0) is 14.8. The molecule has 0 amide bonds. The summed E-state index contributed by atoms with van der Waals surface area (Å²) in [5.41, 5.74) is -0.142. The van der Waals surface area contributed by atoms with E-state index in [-0.39, 0.29) is 17.7 Å². The lowest BCUT2D eigenvalue weighted by Crippen LogP contribution is -2.37. The molecule has 1 rings (SSSR count). The molecule has 1 N–H and O–H groups in total. The van der Waals surface area contributed by atoms with Crippen molar-refractivity contribution in [3.8, 4) is 0 Å². The SMILES string of the molecule is CCC(Cl)(C(O)c1cccc([N+](=O)[O-])c1)S(C)(=O)=O. The summed E-state index contributed by atoms with van der Waals surface area (Å²) in [5, 5.41) is 20.8. The number of nitro groups is 1. The molecule has 2 atom stereocenters. The Balaban J connectivity index is 3.29. The number of sulfone groups is 1. The van der Waals surface area contributed by atoms with Crippen molar-refractivity contribution in [3.05, 3.63) is 39.9 Å². The summed E-state index contributed by atoms with van der Waals surface area (Å²) in [7, 11) is -3.75. The van der Waals surface area contributed by atoms with Gasteiger partial charge in [-0.05, 0) is 12.0 Å². The van der Waals surface area contributed by atoms with E-state index in [0.717, 1.165) is 12.3 Å². The van der Waals surface area contributed by atoms with Crippen molar-refractivity contribution in [3.63, 3.8) is 0 Å². The lowest BCUT2D eigenvalue weighted by Gasteiger charge is -2.29. The molecule has 1 aromatic rings. The third-order valence-corrected chi connectivity index (χ3v) is 5.96. The van der Waals surface area contributed by atoms with E-state index in [2.05, 4.69) is 0 Å². The van der Waals surface area contributed by atoms with Crippen LogP contribution in [0.2, 0.25) is 0 Å². The first-order chi connectivity index (χ1) is 8.63. The molecule has 0 saturated carbocycles. The number of rotatable bonds is 5. The van der Waals surface area contributed by atoms with Crippen molar-refractivity contribution in [2.45, 2.75) is 23.7 Å². The van der Waals surface area contributed by atoms with E-state index in [4.69, 9.17) is 11.6 Å². The van der Waals surface area contributed by atoms with Gasteiger partial charge in [-0.15, -0.1) is 0 Å². The van der Waals surface area contributed by atoms with Crippen LogP contribution >= 0.6 is 11.6 Å². The quantitative estimate of drug-likeness (QED) is 0.510. The molecular weight excluding hydrogens is 294 g/mol. The summed E-state index contributed by atoms with van der Waals surface area (Å²) < 4.78 is 21.5. The van der Waals surface area contributed by atoms with Crippen molar-refractivity contribution in [2.75, 3.05) is 6.26 Å². The third-order valence-electron chi connectivity index (χ3n) is 2.90. The van der Waals surface area contributed by atoms with Crippen molar-refractivity contribution in [1.82, 2.24) is 0 Å². The fraction of sp³-hybridized carbons (Fsp3) is 0.455. The van der Waals surface area contributed by atoms with Gasteiger partial charge in [-0.2, -0.15) is 0 Å². The average Bonchev–Trinajstić information content (AvgIpc) is 2.35. The molecule has 1 aromatic carbocycles. The number of non-ortho nitro benzene ring substituents is 1. The molecule has 19 heavy (non-hydrogen) atoms. The Kier molecular flexibility index (Phi) is 4.54. The highest BCUT2D eigenvalue weighted by Crippen LogP contribution is 2.40. The number of aliphatic hydroxyl groups excluding tert-OH is 1. The van der Waals surface area contributed by atoms with Crippen LogP contribution in [0.3, 0.4) is 0 Å². The van der Waals surface area contributed by atoms with Gasteiger partial charge in [0.25, 0.3) is 5.69 Å². The monoisotopic (exact) mass is 307 g/mol. The number of benzene rings is 1. The second-order valence-corrected chi connectivity index (χ2v) is 7.34. The number of aliphatic hydroxyl groups is 1. The maximum absolute atomic E-state index is 11.7. The Hall–Kier alpha value is -1.18. The van der Waals surface area contributed by atoms with Gasteiger partial charge in [0.15, 0.2) is 14.0 Å². The minimum atomic E-state index is -3.75. The van der Waals surface area contributed by atoms with E-state index in [9.17, 15) is 23.6 Å². The van der Waals surface area contributed by atoms with Gasteiger partial charge in [-0.3, -0.25) is 10.1 Å². The maximum atomic E-state index is 11.7. The lowest BCUT2D eigenvalue weighted by atomic mass is 10.0. The van der Waals surface area contributed by atoms with E-state index in [1.54, 1.807) is 0 Å². The van der Waals surface area contributed by atoms with Crippen LogP contribution in [0.5, 0.6) is 0 Å². The van der Waals surface area contributed by atoms with Crippen LogP contribution in [0.1, 0.15) is 25.0 Å². The first-order valence-electron chi connectivity index (χ1n) is 5.44. The molecular formula is C11H14ClNO5S. The molecule has 0 fully saturated rings. The largest absolute Gasteiger partial charge is 0.385 e. The van der Waals surface area contributed by atoms with Crippen molar-refractivity contribution in [1.29, 1.82) is 0 Å². The van der Waals surface area contributed by atoms with Crippen molar-refractivity contribution < 1.29 is 18.4 Å². The van der Waals surface area contributed by atoms with Crippen LogP contribution in [0, 0.1) is 10.1 Å². The second-order valence-electron chi connectivity index (χ2n) is 4.17. The van der Waals surface area contributed by atoms with Crippen LogP contribution in [0.4, 0.5) is 5.69 Å². The number of nitrogens with zero attached hydrogens (tertiary/aromatic N) is 1. The third kappa shape index (κ3) is 3.05. The number of halogens is 1. The van der Waals surface area contributed by atoms with Gasteiger partial charge >= 0.3 is 0 Å². The number of hydrogen-bond donors (Lipinski definition) is 1. The summed E-state index contributed by atoms with van der Waals surface area (Å²) in [6.07, 6.45) is -0.657. The van der Waals surface area contributed by atoms with Gasteiger partial charge in [0.1, 0.15) is 6.10 Å². The summed E-state index contributed by atoms with van der Waals surface area (Å²) in [6.45, 7) is 1.52. The van der Waals surface area contributed by atoms with Gasteiger partial charge in [-0.25, -0.2) is 8.42 Å². The first kappa shape index (κ1) is 15.9. The Morgan fingerprint density at radius 2 is 2.11 bits per heavy atom. The molecule has 0 aliphatic carbocycles. The fourth-order valence-corrected chi connectivity index (χ4v) is 2.91. The number of hydrogen-bond acceptors (Lipinski definition) is 5. The van der Waals surface area contributed by atoms with Gasteiger partial charge in [0, 0.05) is 18.4 Å². The molecule has 6 nitrogen and oxygen atoms in total. The Bertz CT molecular complexity index is 589. The Morgan fingerprint density at radius 1 is 1.53 bits per heavy atom. The van der Waals surface area contributed by atoms with E-state index in [1.807, 2.05) is 0 Å². The minimum Gasteiger partial charge on any atom is -0.385 e. The van der Waals surface area contributed by atoms with Gasteiger partial charge in [0.2, 0.25) is 0 Å². The van der Waals surface area contributed by atoms with Crippen molar-refractivity contribution in [2.24, 2.45) is 0 Å². The standard InChI is InChI=1S/C11H14ClNO5S/c1-3-11(12,19(2,17)18)10(14)8-5-4-6-9(7-8)13(15)16/h4-7,10,14H,3H2,1-2H3. The molecule has 0 saturated heterocycles. The molecule has 0 aliphatic heterocycles. The first-order valence-corrected chi connectivity index (χ1v) is 7.71. The lowest BCUT2D eigenvalue weighted by molar-refractivity contribution is -0.385. The van der Waals surface area contributed by atoms with Gasteiger partial charge < -0.3 is 5.11 Å². The highest BCUT2D eigenvalue weighted by atomic mass is 35.5. The van der Waals surface area contributed by atoms with Crippen LogP contribution in [-0.2, 0) is 9.84 Å². The van der Waals surface area contributed by atoms with E-state index < -0.39 is 25.1 Å². The summed E-state index contributed by atoms with van der Waals surface area (Å²) in [5.74, 6) is 0. The van der Waals surface area contributed by atoms with E-state index in [1.165, 1.54) is 25.1 Å². The van der Waals surface area contributed by atoms with E-state index >= 15 is 0 Å². The molecule has 2 unspecified atom stereocenters. The Labute approximate surface area is 116 Å². The maximum Gasteiger partial charge on any atom is 0.269 e. The summed E-state index contributed by atoms with van der Waals surface area (Å²) in [4.78, 5) is 10.0. The molecule has 0 bridgehead atoms. The van der Waals surface area contributed by atoms with Gasteiger partial charge in [-0.1, -0.05) is 30.7 Å². The molecule has 106 valence electrons.